The van der Waals surface area contributed by atoms with Crippen LogP contribution in [0, 0.1) is 0 Å². The van der Waals surface area contributed by atoms with Crippen LogP contribution >= 0.6 is 0 Å². The number of fused-ring (bicyclic) bond motifs is 1. The van der Waals surface area contributed by atoms with E-state index >= 15 is 0 Å². The molecule has 0 aliphatic heterocycles. The molecule has 2 nitrogen and oxygen atoms in total. The van der Waals surface area contributed by atoms with E-state index in [9.17, 15) is 0 Å². The van der Waals surface area contributed by atoms with Crippen LogP contribution in [0.4, 0.5) is 0 Å². The van der Waals surface area contributed by atoms with E-state index in [0.29, 0.717) is 0 Å². The highest BCUT2D eigenvalue weighted by Crippen LogP contribution is 2.20. The molecule has 3 rings (SSSR count). The zero-order valence-corrected chi connectivity index (χ0v) is 16.2. The summed E-state index contributed by atoms with van der Waals surface area (Å²) in [6, 6.07) is 19.2. The van der Waals surface area contributed by atoms with Crippen molar-refractivity contribution in [1.29, 1.82) is 0 Å². The average molecular weight is 349 g/mol. The Morgan fingerprint density at radius 2 is 1.38 bits per heavy atom. The van der Waals surface area contributed by atoms with Crippen molar-refractivity contribution < 1.29 is 0 Å². The van der Waals surface area contributed by atoms with E-state index in [1.165, 1.54) is 68.3 Å². The molecule has 0 aliphatic carbocycles. The second kappa shape index (κ2) is 10.2. The highest BCUT2D eigenvalue weighted by Gasteiger charge is 2.10. The van der Waals surface area contributed by atoms with E-state index < -0.39 is 0 Å². The average Bonchev–Trinajstić information content (AvgIpc) is 3.02. The minimum absolute atomic E-state index is 0.909. The van der Waals surface area contributed by atoms with Crippen LogP contribution in [0.25, 0.3) is 11.0 Å². The number of aryl methyl sites for hydroxylation is 1. The fourth-order valence-electron chi connectivity index (χ4n) is 3.69. The summed E-state index contributed by atoms with van der Waals surface area (Å²) in [6.45, 7) is 3.36. The summed E-state index contributed by atoms with van der Waals surface area (Å²) in [4.78, 5) is 4.92. The summed E-state index contributed by atoms with van der Waals surface area (Å²) in [5, 5.41) is 0. The van der Waals surface area contributed by atoms with E-state index in [1.54, 1.807) is 0 Å². The van der Waals surface area contributed by atoms with Gasteiger partial charge >= 0.3 is 0 Å². The molecular weight excluding hydrogens is 316 g/mol. The van der Waals surface area contributed by atoms with Gasteiger partial charge in [-0.3, -0.25) is 0 Å². The lowest BCUT2D eigenvalue weighted by atomic mass is 10.1. The van der Waals surface area contributed by atoms with Gasteiger partial charge in [-0.05, 0) is 24.1 Å². The summed E-state index contributed by atoms with van der Waals surface area (Å²) in [7, 11) is 0. The first-order valence-corrected chi connectivity index (χ1v) is 10.4. The highest BCUT2D eigenvalue weighted by atomic mass is 15.1. The molecule has 0 saturated heterocycles. The van der Waals surface area contributed by atoms with Crippen molar-refractivity contribution in [3.63, 3.8) is 0 Å². The predicted molar refractivity (Wildman–Crippen MR) is 112 cm³/mol. The third kappa shape index (κ3) is 5.20. The molecule has 0 N–H and O–H groups in total. The number of unbranched alkanes of at least 4 members (excludes halogenated alkanes) is 7. The van der Waals surface area contributed by atoms with Crippen molar-refractivity contribution in [2.75, 3.05) is 0 Å². The third-order valence-corrected chi connectivity index (χ3v) is 5.17. The molecule has 0 bridgehead atoms. The van der Waals surface area contributed by atoms with Gasteiger partial charge in [0.25, 0.3) is 0 Å². The Kier molecular flexibility index (Phi) is 7.30. The molecule has 138 valence electrons. The summed E-state index contributed by atoms with van der Waals surface area (Å²) >= 11 is 0. The van der Waals surface area contributed by atoms with E-state index in [2.05, 4.69) is 66.1 Å². The molecule has 3 aromatic rings. The van der Waals surface area contributed by atoms with Crippen LogP contribution in [0.5, 0.6) is 0 Å². The van der Waals surface area contributed by atoms with Gasteiger partial charge < -0.3 is 4.57 Å². The van der Waals surface area contributed by atoms with E-state index in [0.717, 1.165) is 18.5 Å². The van der Waals surface area contributed by atoms with Crippen molar-refractivity contribution in [2.24, 2.45) is 0 Å². The molecule has 0 fully saturated rings. The van der Waals surface area contributed by atoms with Gasteiger partial charge in [-0.25, -0.2) is 4.98 Å². The number of imidazole rings is 1. The Labute approximate surface area is 158 Å². The molecule has 1 aromatic heterocycles. The summed E-state index contributed by atoms with van der Waals surface area (Å²) in [5.74, 6) is 1.19. The number of aromatic nitrogens is 2. The topological polar surface area (TPSA) is 17.8 Å². The minimum Gasteiger partial charge on any atom is -0.328 e. The van der Waals surface area contributed by atoms with Crippen LogP contribution in [-0.2, 0) is 13.0 Å². The van der Waals surface area contributed by atoms with Gasteiger partial charge in [-0.2, -0.15) is 0 Å². The first-order chi connectivity index (χ1) is 12.9. The number of rotatable bonds is 11. The molecule has 0 aliphatic rings. The molecule has 0 radical (unpaired) electrons. The molecular formula is C24H32N2. The minimum atomic E-state index is 0.909. The van der Waals surface area contributed by atoms with Gasteiger partial charge in [0.15, 0.2) is 0 Å². The molecule has 0 atom stereocenters. The SMILES string of the molecule is CCCCCCCCCCn1c(Cc2ccccc2)nc2ccccc21. The molecule has 2 heteroatoms. The maximum absolute atomic E-state index is 4.92. The molecule has 0 saturated carbocycles. The van der Waals surface area contributed by atoms with Crippen LogP contribution in [0.15, 0.2) is 54.6 Å². The molecule has 0 spiro atoms. The Morgan fingerprint density at radius 3 is 2.15 bits per heavy atom. The molecule has 0 amide bonds. The van der Waals surface area contributed by atoms with Gasteiger partial charge in [-0.1, -0.05) is 94.3 Å². The number of para-hydroxylation sites is 2. The fraction of sp³-hybridized carbons (Fsp3) is 0.458. The van der Waals surface area contributed by atoms with Crippen molar-refractivity contribution in [1.82, 2.24) is 9.55 Å². The maximum atomic E-state index is 4.92. The normalized spacial score (nSPS) is 11.3. The number of hydrogen-bond acceptors (Lipinski definition) is 1. The van der Waals surface area contributed by atoms with Crippen LogP contribution < -0.4 is 0 Å². The van der Waals surface area contributed by atoms with Crippen molar-refractivity contribution in [3.8, 4) is 0 Å². The van der Waals surface area contributed by atoms with Crippen molar-refractivity contribution in [2.45, 2.75) is 71.3 Å². The Balaban J connectivity index is 1.60. The quantitative estimate of drug-likeness (QED) is 0.350. The van der Waals surface area contributed by atoms with Gasteiger partial charge in [0.05, 0.1) is 11.0 Å². The summed E-state index contributed by atoms with van der Waals surface area (Å²) in [6.07, 6.45) is 11.8. The van der Waals surface area contributed by atoms with Crippen LogP contribution in [0.3, 0.4) is 0 Å². The maximum Gasteiger partial charge on any atom is 0.114 e. The summed E-state index contributed by atoms with van der Waals surface area (Å²) in [5.41, 5.74) is 3.74. The van der Waals surface area contributed by atoms with E-state index in [-0.39, 0.29) is 0 Å². The van der Waals surface area contributed by atoms with Crippen LogP contribution in [0.1, 0.15) is 69.7 Å². The molecule has 26 heavy (non-hydrogen) atoms. The van der Waals surface area contributed by atoms with E-state index in [1.807, 2.05) is 0 Å². The Bertz CT molecular complexity index is 773. The second-order valence-electron chi connectivity index (χ2n) is 7.31. The highest BCUT2D eigenvalue weighted by molar-refractivity contribution is 5.76. The van der Waals surface area contributed by atoms with Crippen molar-refractivity contribution in [3.05, 3.63) is 66.0 Å². The van der Waals surface area contributed by atoms with Crippen LogP contribution in [-0.4, -0.2) is 9.55 Å². The van der Waals surface area contributed by atoms with Gasteiger partial charge in [0.1, 0.15) is 5.82 Å². The van der Waals surface area contributed by atoms with Gasteiger partial charge in [-0.15, -0.1) is 0 Å². The Morgan fingerprint density at radius 1 is 0.731 bits per heavy atom. The second-order valence-corrected chi connectivity index (χ2v) is 7.31. The molecule has 0 unspecified atom stereocenters. The third-order valence-electron chi connectivity index (χ3n) is 5.17. The Hall–Kier alpha value is -2.09. The molecule has 1 heterocycles. The van der Waals surface area contributed by atoms with Gasteiger partial charge in [0.2, 0.25) is 0 Å². The monoisotopic (exact) mass is 348 g/mol. The standard InChI is InChI=1S/C24H32N2/c1-2-3-4-5-6-7-8-14-19-26-23-18-13-12-17-22(23)25-24(26)20-21-15-10-9-11-16-21/h9-13,15-18H,2-8,14,19-20H2,1H3. The van der Waals surface area contributed by atoms with Gasteiger partial charge in [0, 0.05) is 13.0 Å². The van der Waals surface area contributed by atoms with Crippen molar-refractivity contribution >= 4 is 11.0 Å². The lowest BCUT2D eigenvalue weighted by molar-refractivity contribution is 0.542. The van der Waals surface area contributed by atoms with E-state index in [4.69, 9.17) is 4.98 Å². The summed E-state index contributed by atoms with van der Waals surface area (Å²) < 4.78 is 2.44. The molecule has 2 aromatic carbocycles. The number of hydrogen-bond donors (Lipinski definition) is 0. The zero-order valence-electron chi connectivity index (χ0n) is 16.2. The lowest BCUT2D eigenvalue weighted by Gasteiger charge is -2.09. The number of nitrogens with zero attached hydrogens (tertiary/aromatic N) is 2. The van der Waals surface area contributed by atoms with Crippen LogP contribution in [0.2, 0.25) is 0 Å². The largest absolute Gasteiger partial charge is 0.328 e. The first-order valence-electron chi connectivity index (χ1n) is 10.4. The first kappa shape index (κ1) is 18.7. The fourth-order valence-corrected chi connectivity index (χ4v) is 3.69. The predicted octanol–water partition coefficient (Wildman–Crippen LogP) is 6.77. The number of benzene rings is 2. The smallest absolute Gasteiger partial charge is 0.114 e. The lowest BCUT2D eigenvalue weighted by Crippen LogP contribution is -2.05. The zero-order chi connectivity index (χ0) is 18.0.